The number of imidazole rings is 1. The van der Waals surface area contributed by atoms with E-state index in [1.807, 2.05) is 31.3 Å². The third-order valence-corrected chi connectivity index (χ3v) is 7.08. The molecule has 2 heterocycles. The molecule has 28 heavy (non-hydrogen) atoms. The summed E-state index contributed by atoms with van der Waals surface area (Å²) in [5, 5.41) is 0. The van der Waals surface area contributed by atoms with Gasteiger partial charge in [-0.3, -0.25) is 0 Å². The predicted octanol–water partition coefficient (Wildman–Crippen LogP) is 3.56. The third-order valence-electron chi connectivity index (χ3n) is 5.22. The molecule has 0 saturated carbocycles. The lowest BCUT2D eigenvalue weighted by Gasteiger charge is -2.18. The first kappa shape index (κ1) is 18.8. The molecule has 0 radical (unpaired) electrons. The second-order valence-electron chi connectivity index (χ2n) is 7.14. The number of nitrogens with zero attached hydrogens (tertiary/aromatic N) is 3. The summed E-state index contributed by atoms with van der Waals surface area (Å²) in [7, 11) is -3.71. The predicted molar refractivity (Wildman–Crippen MR) is 105 cm³/mol. The first-order chi connectivity index (χ1) is 13.4. The van der Waals surface area contributed by atoms with Gasteiger partial charge >= 0.3 is 0 Å². The van der Waals surface area contributed by atoms with Gasteiger partial charge in [0.05, 0.1) is 4.90 Å². The average Bonchev–Trinajstić information content (AvgIpc) is 3.31. The van der Waals surface area contributed by atoms with Crippen LogP contribution >= 0.6 is 0 Å². The van der Waals surface area contributed by atoms with Gasteiger partial charge in [0.25, 0.3) is 0 Å². The zero-order valence-electron chi connectivity index (χ0n) is 15.6. The minimum atomic E-state index is -3.71. The Kier molecular flexibility index (Phi) is 5.03. The van der Waals surface area contributed by atoms with Gasteiger partial charge in [0.2, 0.25) is 10.0 Å². The zero-order chi connectivity index (χ0) is 19.7. The van der Waals surface area contributed by atoms with E-state index in [0.29, 0.717) is 26.1 Å². The Balaban J connectivity index is 1.57. The highest BCUT2D eigenvalue weighted by molar-refractivity contribution is 7.89. The van der Waals surface area contributed by atoms with Crippen LogP contribution in [-0.4, -0.2) is 35.4 Å². The quantitative estimate of drug-likeness (QED) is 0.659. The number of aryl methyl sites for hydroxylation is 1. The molecule has 0 amide bonds. The summed E-state index contributed by atoms with van der Waals surface area (Å²) in [5.41, 5.74) is 2.22. The van der Waals surface area contributed by atoms with Gasteiger partial charge in [0, 0.05) is 37.4 Å². The fraction of sp³-hybridized carbons (Fsp3) is 0.286. The lowest BCUT2D eigenvalue weighted by atomic mass is 10.1. The van der Waals surface area contributed by atoms with Gasteiger partial charge in [-0.05, 0) is 37.1 Å². The van der Waals surface area contributed by atoms with Crippen LogP contribution in [0.4, 0.5) is 4.39 Å². The zero-order valence-corrected chi connectivity index (χ0v) is 16.4. The van der Waals surface area contributed by atoms with Crippen LogP contribution in [0.15, 0.2) is 65.7 Å². The molecule has 3 aromatic rings. The van der Waals surface area contributed by atoms with Crippen molar-refractivity contribution in [2.45, 2.75) is 30.7 Å². The van der Waals surface area contributed by atoms with Crippen molar-refractivity contribution in [3.63, 3.8) is 0 Å². The van der Waals surface area contributed by atoms with Crippen molar-refractivity contribution in [3.8, 4) is 0 Å². The number of halogens is 1. The standard InChI is InChI=1S/C21H22FN3O2S/c1-16-13-23-21(25(16)14-17-6-3-2-4-7-17)18-10-11-24(15-18)28(26,27)20-9-5-8-19(22)12-20/h2-9,12-13,18H,10-11,14-15H2,1H3. The number of sulfonamides is 1. The maximum Gasteiger partial charge on any atom is 0.243 e. The number of aromatic nitrogens is 2. The Labute approximate surface area is 164 Å². The van der Waals surface area contributed by atoms with Gasteiger partial charge in [-0.2, -0.15) is 4.31 Å². The van der Waals surface area contributed by atoms with Gasteiger partial charge in [-0.1, -0.05) is 36.4 Å². The van der Waals surface area contributed by atoms with Gasteiger partial charge in [-0.15, -0.1) is 0 Å². The largest absolute Gasteiger partial charge is 0.328 e. The highest BCUT2D eigenvalue weighted by atomic mass is 32.2. The van der Waals surface area contributed by atoms with Gasteiger partial charge < -0.3 is 4.57 Å². The van der Waals surface area contributed by atoms with Crippen molar-refractivity contribution >= 4 is 10.0 Å². The van der Waals surface area contributed by atoms with Crippen LogP contribution in [-0.2, 0) is 16.6 Å². The molecular weight excluding hydrogens is 377 g/mol. The second-order valence-corrected chi connectivity index (χ2v) is 9.07. The van der Waals surface area contributed by atoms with Crippen molar-refractivity contribution in [2.75, 3.05) is 13.1 Å². The van der Waals surface area contributed by atoms with E-state index in [0.717, 1.165) is 17.6 Å². The van der Waals surface area contributed by atoms with Crippen LogP contribution in [0.5, 0.6) is 0 Å². The summed E-state index contributed by atoms with van der Waals surface area (Å²) >= 11 is 0. The molecular formula is C21H22FN3O2S. The summed E-state index contributed by atoms with van der Waals surface area (Å²) in [6.45, 7) is 3.47. The molecule has 1 aliphatic heterocycles. The highest BCUT2D eigenvalue weighted by Crippen LogP contribution is 2.31. The van der Waals surface area contributed by atoms with Gasteiger partial charge in [0.15, 0.2) is 0 Å². The molecule has 0 aliphatic carbocycles. The normalized spacial score (nSPS) is 17.9. The molecule has 1 unspecified atom stereocenters. The maximum absolute atomic E-state index is 13.5. The lowest BCUT2D eigenvalue weighted by molar-refractivity contribution is 0.468. The molecule has 2 aromatic carbocycles. The van der Waals surface area contributed by atoms with Crippen molar-refractivity contribution in [1.82, 2.24) is 13.9 Å². The van der Waals surface area contributed by atoms with E-state index < -0.39 is 15.8 Å². The number of benzene rings is 2. The molecule has 0 spiro atoms. The number of rotatable bonds is 5. The molecule has 1 aliphatic rings. The smallest absolute Gasteiger partial charge is 0.243 e. The lowest BCUT2D eigenvalue weighted by Crippen LogP contribution is -2.29. The molecule has 1 aromatic heterocycles. The first-order valence-electron chi connectivity index (χ1n) is 9.27. The van der Waals surface area contributed by atoms with Crippen LogP contribution in [0.1, 0.15) is 29.4 Å². The van der Waals surface area contributed by atoms with Crippen molar-refractivity contribution < 1.29 is 12.8 Å². The molecule has 1 fully saturated rings. The van der Waals surface area contributed by atoms with E-state index in [1.165, 1.54) is 28.1 Å². The van der Waals surface area contributed by atoms with Gasteiger partial charge in [0.1, 0.15) is 11.6 Å². The molecule has 5 nitrogen and oxygen atoms in total. The summed E-state index contributed by atoms with van der Waals surface area (Å²) in [6, 6.07) is 15.3. The van der Waals surface area contributed by atoms with E-state index in [9.17, 15) is 12.8 Å². The Morgan fingerprint density at radius 2 is 1.93 bits per heavy atom. The molecule has 0 N–H and O–H groups in total. The fourth-order valence-electron chi connectivity index (χ4n) is 3.71. The van der Waals surface area contributed by atoms with E-state index in [2.05, 4.69) is 21.7 Å². The Bertz CT molecular complexity index is 1080. The van der Waals surface area contributed by atoms with E-state index in [4.69, 9.17) is 0 Å². The summed E-state index contributed by atoms with van der Waals surface area (Å²) in [6.07, 6.45) is 2.53. The average molecular weight is 399 g/mol. The van der Waals surface area contributed by atoms with E-state index in [1.54, 1.807) is 0 Å². The topological polar surface area (TPSA) is 55.2 Å². The first-order valence-corrected chi connectivity index (χ1v) is 10.7. The van der Waals surface area contributed by atoms with E-state index in [-0.39, 0.29) is 10.8 Å². The molecule has 1 atom stereocenters. The summed E-state index contributed by atoms with van der Waals surface area (Å²) < 4.78 is 42.8. The minimum absolute atomic E-state index is 0.00282. The van der Waals surface area contributed by atoms with Crippen molar-refractivity contribution in [1.29, 1.82) is 0 Å². The number of hydrogen-bond donors (Lipinski definition) is 0. The van der Waals surface area contributed by atoms with Gasteiger partial charge in [-0.25, -0.2) is 17.8 Å². The Morgan fingerprint density at radius 1 is 1.14 bits per heavy atom. The van der Waals surface area contributed by atoms with Crippen LogP contribution in [0.25, 0.3) is 0 Å². The van der Waals surface area contributed by atoms with Crippen molar-refractivity contribution in [2.24, 2.45) is 0 Å². The molecule has 0 bridgehead atoms. The fourth-order valence-corrected chi connectivity index (χ4v) is 5.24. The summed E-state index contributed by atoms with van der Waals surface area (Å²) in [5.74, 6) is 0.366. The number of hydrogen-bond acceptors (Lipinski definition) is 3. The molecule has 7 heteroatoms. The third kappa shape index (κ3) is 3.59. The molecule has 4 rings (SSSR count). The van der Waals surface area contributed by atoms with Crippen LogP contribution in [0.3, 0.4) is 0 Å². The SMILES string of the molecule is Cc1cnc(C2CCN(S(=O)(=O)c3cccc(F)c3)C2)n1Cc1ccccc1. The van der Waals surface area contributed by atoms with Crippen LogP contribution < -0.4 is 0 Å². The van der Waals surface area contributed by atoms with E-state index >= 15 is 0 Å². The molecule has 1 saturated heterocycles. The van der Waals surface area contributed by atoms with Crippen LogP contribution in [0, 0.1) is 12.7 Å². The van der Waals surface area contributed by atoms with Crippen molar-refractivity contribution in [3.05, 3.63) is 83.7 Å². The molecule has 146 valence electrons. The summed E-state index contributed by atoms with van der Waals surface area (Å²) in [4.78, 5) is 4.58. The minimum Gasteiger partial charge on any atom is -0.328 e. The monoisotopic (exact) mass is 399 g/mol. The highest BCUT2D eigenvalue weighted by Gasteiger charge is 2.35. The Hall–Kier alpha value is -2.51. The Morgan fingerprint density at radius 3 is 2.68 bits per heavy atom. The maximum atomic E-state index is 13.5. The van der Waals surface area contributed by atoms with Crippen LogP contribution in [0.2, 0.25) is 0 Å². The second kappa shape index (κ2) is 7.48.